The van der Waals surface area contributed by atoms with Crippen molar-refractivity contribution in [3.8, 4) is 0 Å². The van der Waals surface area contributed by atoms with Gasteiger partial charge in [-0.1, -0.05) is 0 Å². The van der Waals surface area contributed by atoms with E-state index >= 15 is 0 Å². The van der Waals surface area contributed by atoms with E-state index in [-0.39, 0.29) is 0 Å². The van der Waals surface area contributed by atoms with Crippen molar-refractivity contribution in [2.75, 3.05) is 0 Å². The fraction of sp³-hybridized carbons (Fsp3) is 0. The van der Waals surface area contributed by atoms with Gasteiger partial charge in [0, 0.05) is 0 Å². The highest BCUT2D eigenvalue weighted by molar-refractivity contribution is 6.69. The van der Waals surface area contributed by atoms with E-state index < -0.39 is 49.1 Å². The summed E-state index contributed by atoms with van der Waals surface area (Å²) in [5.74, 6) is 0. The highest BCUT2D eigenvalue weighted by atomic mass is 28.5. The molecule has 0 heterocycles. The van der Waals surface area contributed by atoms with Crippen molar-refractivity contribution < 1.29 is 35.6 Å². The van der Waals surface area contributed by atoms with Gasteiger partial charge in [0.15, 0.2) is 0 Å². The van der Waals surface area contributed by atoms with Crippen molar-refractivity contribution in [1.82, 2.24) is 0 Å². The Balaban J connectivity index is 4.19. The first-order chi connectivity index (χ1) is 6.24. The second-order valence-electron chi connectivity index (χ2n) is 1.59. The Morgan fingerprint density at radius 2 is 0.846 bits per heavy atom. The Morgan fingerprint density at radius 3 is 1.00 bits per heavy atom. The van der Waals surface area contributed by atoms with Gasteiger partial charge in [-0.3, -0.25) is 0 Å². The van der Waals surface area contributed by atoms with E-state index in [1.54, 1.807) is 0 Å². The van der Waals surface area contributed by atoms with Crippen LogP contribution in [-0.2, 0) is 16.5 Å². The molecular weight excluding hydrogens is 268 g/mol. The predicted molar refractivity (Wildman–Crippen MR) is 53.1 cm³/mol. The molecule has 0 amide bonds. The molecule has 0 atom stereocenters. The summed E-state index contributed by atoms with van der Waals surface area (Å²) in [6.07, 6.45) is 0. The minimum Gasteiger partial charge on any atom is -0.416 e. The summed E-state index contributed by atoms with van der Waals surface area (Å²) in [6, 6.07) is 0. The first kappa shape index (κ1) is 13.8. The molecule has 0 aliphatic heterocycles. The van der Waals surface area contributed by atoms with Gasteiger partial charge in [0.25, 0.3) is 40.0 Å². The molecule has 13 heavy (non-hydrogen) atoms. The van der Waals surface area contributed by atoms with Crippen molar-refractivity contribution >= 4 is 49.1 Å². The zero-order chi connectivity index (χ0) is 10.2. The molecule has 0 aromatic heterocycles. The fourth-order valence-electron chi connectivity index (χ4n) is 0.566. The molecular formula is H12O8Si5. The number of hydrogen-bond donors (Lipinski definition) is 4. The largest absolute Gasteiger partial charge is 0.641 e. The van der Waals surface area contributed by atoms with Gasteiger partial charge in [-0.05, 0) is 0 Å². The van der Waals surface area contributed by atoms with Crippen LogP contribution in [-0.4, -0.2) is 68.3 Å². The molecule has 0 aliphatic rings. The third-order valence-corrected chi connectivity index (χ3v) is 8.69. The molecule has 0 unspecified atom stereocenters. The second-order valence-corrected chi connectivity index (χ2v) is 8.25. The maximum absolute atomic E-state index is 8.59. The molecule has 0 saturated heterocycles. The van der Waals surface area contributed by atoms with Crippen LogP contribution in [0.3, 0.4) is 0 Å². The van der Waals surface area contributed by atoms with E-state index in [0.29, 0.717) is 0 Å². The average molecular weight is 281 g/mol. The third-order valence-electron chi connectivity index (χ3n) is 0.965. The van der Waals surface area contributed by atoms with Gasteiger partial charge in [0.05, 0.1) is 0 Å². The maximum Gasteiger partial charge on any atom is 0.641 e. The minimum atomic E-state index is -3.55. The van der Waals surface area contributed by atoms with Crippen LogP contribution in [0.15, 0.2) is 0 Å². The van der Waals surface area contributed by atoms with Crippen molar-refractivity contribution in [2.45, 2.75) is 0 Å². The summed E-state index contributed by atoms with van der Waals surface area (Å²) < 4.78 is 19.0. The first-order valence-corrected chi connectivity index (χ1v) is 9.71. The smallest absolute Gasteiger partial charge is 0.416 e. The van der Waals surface area contributed by atoms with Gasteiger partial charge in [0.1, 0.15) is 0 Å². The lowest BCUT2D eigenvalue weighted by atomic mass is 15.6. The molecule has 13 heteroatoms. The van der Waals surface area contributed by atoms with Crippen LogP contribution in [0.2, 0.25) is 0 Å². The van der Waals surface area contributed by atoms with Gasteiger partial charge < -0.3 is 35.6 Å². The lowest BCUT2D eigenvalue weighted by molar-refractivity contribution is 0.137. The van der Waals surface area contributed by atoms with E-state index in [2.05, 4.69) is 0 Å². The zero-order valence-electron chi connectivity index (χ0n) is 6.75. The Morgan fingerprint density at radius 1 is 0.615 bits per heavy atom. The number of hydrogen-bond acceptors (Lipinski definition) is 8. The van der Waals surface area contributed by atoms with E-state index in [0.717, 1.165) is 0 Å². The molecule has 0 saturated carbocycles. The van der Waals surface area contributed by atoms with Crippen LogP contribution in [0, 0.1) is 0 Å². The van der Waals surface area contributed by atoms with Crippen LogP contribution in [0.5, 0.6) is 0 Å². The van der Waals surface area contributed by atoms with Crippen LogP contribution in [0.25, 0.3) is 0 Å². The average Bonchev–Trinajstić information content (AvgIpc) is 2.06. The SMILES string of the molecule is O[SiH2]O[Si](O[SiH2]O)(O[SiH2]O)O[SiH2]O. The molecule has 0 radical (unpaired) electrons. The fourth-order valence-corrected chi connectivity index (χ4v) is 9.60. The molecule has 80 valence electrons. The van der Waals surface area contributed by atoms with Gasteiger partial charge in [-0.25, -0.2) is 0 Å². The molecule has 4 N–H and O–H groups in total. The molecule has 8 nitrogen and oxygen atoms in total. The topological polar surface area (TPSA) is 118 Å². The normalized spacial score (nSPS) is 19.4. The second kappa shape index (κ2) is 8.10. The lowest BCUT2D eigenvalue weighted by Gasteiger charge is -2.25. The lowest BCUT2D eigenvalue weighted by Crippen LogP contribution is -2.52. The number of rotatable bonds is 8. The van der Waals surface area contributed by atoms with Crippen molar-refractivity contribution in [3.05, 3.63) is 0 Å². The van der Waals surface area contributed by atoms with Crippen LogP contribution < -0.4 is 0 Å². The Kier molecular flexibility index (Phi) is 8.58. The molecule has 0 fully saturated rings. The quantitative estimate of drug-likeness (QED) is 0.324. The monoisotopic (exact) mass is 280 g/mol. The molecule has 0 aliphatic carbocycles. The predicted octanol–water partition coefficient (Wildman–Crippen LogP) is -6.55. The highest BCUT2D eigenvalue weighted by Gasteiger charge is 2.43. The van der Waals surface area contributed by atoms with Crippen molar-refractivity contribution in [3.63, 3.8) is 0 Å². The summed E-state index contributed by atoms with van der Waals surface area (Å²) in [6.45, 7) is 0. The molecule has 0 rings (SSSR count). The Bertz CT molecular complexity index is 87.6. The summed E-state index contributed by atoms with van der Waals surface area (Å²) >= 11 is 0. The molecule has 0 bridgehead atoms. The molecule has 0 aromatic carbocycles. The maximum atomic E-state index is 8.59. The Labute approximate surface area is 85.2 Å². The molecule has 0 aromatic rings. The Hall–Kier alpha value is 0.764. The third kappa shape index (κ3) is 5.26. The van der Waals surface area contributed by atoms with Gasteiger partial charge in [0.2, 0.25) is 0 Å². The zero-order valence-corrected chi connectivity index (χ0v) is 13.4. The van der Waals surface area contributed by atoms with Gasteiger partial charge >= 0.3 is 9.05 Å². The first-order valence-electron chi connectivity index (χ1n) is 3.24. The van der Waals surface area contributed by atoms with Crippen LogP contribution in [0.4, 0.5) is 0 Å². The van der Waals surface area contributed by atoms with E-state index in [1.165, 1.54) is 0 Å². The summed E-state index contributed by atoms with van der Waals surface area (Å²) in [4.78, 5) is 34.4. The van der Waals surface area contributed by atoms with Gasteiger partial charge in [-0.2, -0.15) is 0 Å². The van der Waals surface area contributed by atoms with E-state index in [9.17, 15) is 0 Å². The summed E-state index contributed by atoms with van der Waals surface area (Å²) in [5.41, 5.74) is 0. The van der Waals surface area contributed by atoms with Crippen LogP contribution >= 0.6 is 0 Å². The van der Waals surface area contributed by atoms with E-state index in [1.807, 2.05) is 0 Å². The van der Waals surface area contributed by atoms with E-state index in [4.69, 9.17) is 35.6 Å². The highest BCUT2D eigenvalue weighted by Crippen LogP contribution is 2.07. The van der Waals surface area contributed by atoms with Crippen molar-refractivity contribution in [1.29, 1.82) is 0 Å². The summed E-state index contributed by atoms with van der Waals surface area (Å²) in [7, 11) is -10.9. The van der Waals surface area contributed by atoms with Crippen molar-refractivity contribution in [2.24, 2.45) is 0 Å². The minimum absolute atomic E-state index is 1.83. The summed E-state index contributed by atoms with van der Waals surface area (Å²) in [5, 5.41) is 0. The van der Waals surface area contributed by atoms with Gasteiger partial charge in [-0.15, -0.1) is 0 Å². The van der Waals surface area contributed by atoms with Crippen LogP contribution in [0.1, 0.15) is 0 Å². The molecule has 0 spiro atoms. The standard InChI is InChI=1S/H12O8Si5/c1-9-5-13(6-10-2,7-11-3)8-12-4/h1-4H,9-12H2.